The van der Waals surface area contributed by atoms with Crippen molar-refractivity contribution >= 4 is 0 Å². The lowest BCUT2D eigenvalue weighted by Crippen LogP contribution is -2.19. The SMILES string of the molecule is COc1ccc(CNC(C)c2cnn(-c3ccc(F)cc3F)c2C)cc1Cn1cncn1. The molecule has 2 heterocycles. The summed E-state index contributed by atoms with van der Waals surface area (Å²) in [6, 6.07) is 9.46. The summed E-state index contributed by atoms with van der Waals surface area (Å²) in [7, 11) is 1.64. The van der Waals surface area contributed by atoms with Gasteiger partial charge < -0.3 is 10.1 Å². The second-order valence-corrected chi connectivity index (χ2v) is 7.53. The summed E-state index contributed by atoms with van der Waals surface area (Å²) in [5, 5.41) is 12.0. The zero-order valence-corrected chi connectivity index (χ0v) is 18.1. The Kier molecular flexibility index (Phi) is 6.27. The molecule has 0 fully saturated rings. The normalized spacial score (nSPS) is 12.2. The standard InChI is InChI=1S/C23H24F2N6O/c1-15(20-11-28-31(16(20)2)22-6-5-19(24)9-21(22)25)27-10-17-4-7-23(32-3)18(8-17)12-30-14-26-13-29-30/h4-9,11,13-15,27H,10,12H2,1-3H3. The second kappa shape index (κ2) is 9.27. The topological polar surface area (TPSA) is 69.8 Å². The van der Waals surface area contributed by atoms with Crippen molar-refractivity contribution < 1.29 is 13.5 Å². The number of rotatable bonds is 8. The summed E-state index contributed by atoms with van der Waals surface area (Å²) in [6.45, 7) is 5.06. The van der Waals surface area contributed by atoms with E-state index in [1.807, 2.05) is 26.0 Å². The van der Waals surface area contributed by atoms with Gasteiger partial charge in [-0.15, -0.1) is 0 Å². The number of hydrogen-bond acceptors (Lipinski definition) is 5. The van der Waals surface area contributed by atoms with Crippen LogP contribution >= 0.6 is 0 Å². The quantitative estimate of drug-likeness (QED) is 0.451. The first-order valence-electron chi connectivity index (χ1n) is 10.2. The van der Waals surface area contributed by atoms with Gasteiger partial charge in [-0.1, -0.05) is 6.07 Å². The largest absolute Gasteiger partial charge is 0.496 e. The highest BCUT2D eigenvalue weighted by molar-refractivity contribution is 5.38. The molecule has 32 heavy (non-hydrogen) atoms. The van der Waals surface area contributed by atoms with Gasteiger partial charge >= 0.3 is 0 Å². The molecule has 0 amide bonds. The lowest BCUT2D eigenvalue weighted by Gasteiger charge is -2.16. The number of benzene rings is 2. The number of halogens is 2. The van der Waals surface area contributed by atoms with Crippen molar-refractivity contribution in [3.63, 3.8) is 0 Å². The molecule has 4 aromatic rings. The highest BCUT2D eigenvalue weighted by atomic mass is 19.1. The van der Waals surface area contributed by atoms with Crippen molar-refractivity contribution in [2.45, 2.75) is 33.0 Å². The van der Waals surface area contributed by atoms with E-state index in [-0.39, 0.29) is 11.7 Å². The van der Waals surface area contributed by atoms with Gasteiger partial charge in [-0.3, -0.25) is 0 Å². The van der Waals surface area contributed by atoms with Crippen LogP contribution in [0.4, 0.5) is 8.78 Å². The Morgan fingerprint density at radius 3 is 2.69 bits per heavy atom. The van der Waals surface area contributed by atoms with E-state index >= 15 is 0 Å². The number of ether oxygens (including phenoxy) is 1. The predicted molar refractivity (Wildman–Crippen MR) is 116 cm³/mol. The number of methoxy groups -OCH3 is 1. The van der Waals surface area contributed by atoms with Crippen molar-refractivity contribution in [2.75, 3.05) is 7.11 Å². The maximum Gasteiger partial charge on any atom is 0.151 e. The number of nitrogens with zero attached hydrogens (tertiary/aromatic N) is 5. The van der Waals surface area contributed by atoms with E-state index in [4.69, 9.17) is 4.74 Å². The van der Waals surface area contributed by atoms with E-state index in [0.29, 0.717) is 13.1 Å². The summed E-state index contributed by atoms with van der Waals surface area (Å²) in [4.78, 5) is 3.98. The molecule has 0 aliphatic rings. The fraction of sp³-hybridized carbons (Fsp3) is 0.261. The second-order valence-electron chi connectivity index (χ2n) is 7.53. The maximum atomic E-state index is 14.2. The molecule has 9 heteroatoms. The van der Waals surface area contributed by atoms with Crippen LogP contribution in [0, 0.1) is 18.6 Å². The Bertz CT molecular complexity index is 1210. The van der Waals surface area contributed by atoms with Gasteiger partial charge in [0, 0.05) is 35.5 Å². The molecule has 0 bridgehead atoms. The van der Waals surface area contributed by atoms with E-state index < -0.39 is 11.6 Å². The Balaban J connectivity index is 1.48. The van der Waals surface area contributed by atoms with Crippen LogP contribution in [0.25, 0.3) is 5.69 Å². The van der Waals surface area contributed by atoms with Crippen molar-refractivity contribution in [3.05, 3.63) is 89.3 Å². The lowest BCUT2D eigenvalue weighted by molar-refractivity contribution is 0.407. The molecule has 2 aromatic carbocycles. The molecule has 2 aromatic heterocycles. The zero-order chi connectivity index (χ0) is 22.7. The van der Waals surface area contributed by atoms with E-state index in [9.17, 15) is 8.78 Å². The number of nitrogens with one attached hydrogen (secondary N) is 1. The molecule has 1 atom stereocenters. The van der Waals surface area contributed by atoms with Crippen molar-refractivity contribution in [1.29, 1.82) is 0 Å². The van der Waals surface area contributed by atoms with Gasteiger partial charge in [-0.2, -0.15) is 10.2 Å². The minimum Gasteiger partial charge on any atom is -0.496 e. The summed E-state index contributed by atoms with van der Waals surface area (Å²) >= 11 is 0. The first kappa shape index (κ1) is 21.6. The fourth-order valence-electron chi connectivity index (χ4n) is 3.68. The van der Waals surface area contributed by atoms with E-state index in [1.165, 1.54) is 23.1 Å². The molecule has 1 N–H and O–H groups in total. The Morgan fingerprint density at radius 2 is 1.97 bits per heavy atom. The van der Waals surface area contributed by atoms with Crippen LogP contribution in [0.1, 0.15) is 35.3 Å². The van der Waals surface area contributed by atoms with Gasteiger partial charge in [0.1, 0.15) is 29.9 Å². The molecule has 0 radical (unpaired) electrons. The van der Waals surface area contributed by atoms with Gasteiger partial charge in [0.25, 0.3) is 0 Å². The minimum absolute atomic E-state index is 0.0341. The maximum absolute atomic E-state index is 14.2. The predicted octanol–water partition coefficient (Wildman–Crippen LogP) is 3.96. The van der Waals surface area contributed by atoms with Gasteiger partial charge in [0.05, 0.1) is 19.9 Å². The number of hydrogen-bond donors (Lipinski definition) is 1. The lowest BCUT2D eigenvalue weighted by atomic mass is 10.1. The third-order valence-corrected chi connectivity index (χ3v) is 5.41. The van der Waals surface area contributed by atoms with Crippen LogP contribution in [0.5, 0.6) is 5.75 Å². The monoisotopic (exact) mass is 438 g/mol. The highest BCUT2D eigenvalue weighted by Crippen LogP contribution is 2.24. The number of aromatic nitrogens is 5. The summed E-state index contributed by atoms with van der Waals surface area (Å²) in [5.74, 6) is -0.480. The smallest absolute Gasteiger partial charge is 0.151 e. The highest BCUT2D eigenvalue weighted by Gasteiger charge is 2.17. The molecular formula is C23H24F2N6O. The van der Waals surface area contributed by atoms with Crippen LogP contribution < -0.4 is 10.1 Å². The van der Waals surface area contributed by atoms with E-state index in [0.717, 1.165) is 34.2 Å². The van der Waals surface area contributed by atoms with Crippen molar-refractivity contribution in [1.82, 2.24) is 29.9 Å². The van der Waals surface area contributed by atoms with Crippen LogP contribution in [-0.2, 0) is 13.1 Å². The molecule has 4 rings (SSSR count). The average Bonchev–Trinajstić information content (AvgIpc) is 3.42. The van der Waals surface area contributed by atoms with Crippen LogP contribution in [0.3, 0.4) is 0 Å². The van der Waals surface area contributed by atoms with E-state index in [2.05, 4.69) is 26.6 Å². The van der Waals surface area contributed by atoms with Gasteiger partial charge in [0.2, 0.25) is 0 Å². The Labute approximate surface area is 184 Å². The molecule has 1 unspecified atom stereocenters. The molecule has 0 saturated carbocycles. The molecular weight excluding hydrogens is 414 g/mol. The summed E-state index contributed by atoms with van der Waals surface area (Å²) in [5.41, 5.74) is 4.03. The third-order valence-electron chi connectivity index (χ3n) is 5.41. The first-order chi connectivity index (χ1) is 15.5. The Hall–Kier alpha value is -3.59. The van der Waals surface area contributed by atoms with Crippen LogP contribution in [0.2, 0.25) is 0 Å². The minimum atomic E-state index is -0.651. The molecule has 0 saturated heterocycles. The third kappa shape index (κ3) is 4.52. The zero-order valence-electron chi connectivity index (χ0n) is 18.1. The van der Waals surface area contributed by atoms with Gasteiger partial charge in [-0.25, -0.2) is 23.1 Å². The van der Waals surface area contributed by atoms with Crippen LogP contribution in [-0.4, -0.2) is 31.7 Å². The van der Waals surface area contributed by atoms with Gasteiger partial charge in [0.15, 0.2) is 5.82 Å². The molecule has 7 nitrogen and oxygen atoms in total. The fourth-order valence-corrected chi connectivity index (χ4v) is 3.68. The van der Waals surface area contributed by atoms with Crippen molar-refractivity contribution in [3.8, 4) is 11.4 Å². The summed E-state index contributed by atoms with van der Waals surface area (Å²) in [6.07, 6.45) is 4.87. The average molecular weight is 438 g/mol. The summed E-state index contributed by atoms with van der Waals surface area (Å²) < 4.78 is 36.1. The van der Waals surface area contributed by atoms with Crippen LogP contribution in [0.15, 0.2) is 55.2 Å². The molecule has 166 valence electrons. The molecule has 0 aliphatic carbocycles. The van der Waals surface area contributed by atoms with E-state index in [1.54, 1.807) is 24.3 Å². The van der Waals surface area contributed by atoms with Gasteiger partial charge in [-0.05, 0) is 43.7 Å². The van der Waals surface area contributed by atoms with Crippen molar-refractivity contribution in [2.24, 2.45) is 0 Å². The first-order valence-corrected chi connectivity index (χ1v) is 10.2. The Morgan fingerprint density at radius 1 is 1.12 bits per heavy atom. The molecule has 0 spiro atoms. The molecule has 0 aliphatic heterocycles.